The highest BCUT2D eigenvalue weighted by Gasteiger charge is 2.41. The highest BCUT2D eigenvalue weighted by Crippen LogP contribution is 2.49. The molecule has 5 unspecified atom stereocenters. The van der Waals surface area contributed by atoms with Crippen LogP contribution in [0.5, 0.6) is 5.75 Å². The van der Waals surface area contributed by atoms with Crippen molar-refractivity contribution in [2.75, 3.05) is 13.3 Å². The summed E-state index contributed by atoms with van der Waals surface area (Å²) in [6, 6.07) is 11.8. The number of benzene rings is 2. The Morgan fingerprint density at radius 2 is 1.63 bits per heavy atom. The summed E-state index contributed by atoms with van der Waals surface area (Å²) in [7, 11) is 2.58. The van der Waals surface area contributed by atoms with Crippen molar-refractivity contribution in [1.82, 2.24) is 0 Å². The van der Waals surface area contributed by atoms with Gasteiger partial charge in [-0.1, -0.05) is 92.1 Å². The van der Waals surface area contributed by atoms with Gasteiger partial charge in [-0.2, -0.15) is 0 Å². The topological polar surface area (TPSA) is 47.9 Å². The standard InChI is InChI=1S/C30H47O4P.C3H8/c1-20-18-25(30(7,8)35-17-16-28(3,4)29(5,6)19-21(2)32-9)34-27(33-20)26-23-13-11-10-12-22(23)14-15-24(26)31;1-3-2/h10-15,20-21,25,27,31,35H,16-19H2,1-9H3;3H2,1-2H3. The van der Waals surface area contributed by atoms with Crippen LogP contribution in [0.15, 0.2) is 36.4 Å². The molecule has 5 atom stereocenters. The Bertz CT molecular complexity index is 1000. The zero-order valence-corrected chi connectivity index (χ0v) is 27.0. The number of aromatic hydroxyl groups is 1. The van der Waals surface area contributed by atoms with Crippen molar-refractivity contribution >= 4 is 19.4 Å². The van der Waals surface area contributed by atoms with E-state index in [1.807, 2.05) is 24.3 Å². The number of methoxy groups -OCH3 is 1. The fraction of sp³-hybridized carbons (Fsp3) is 0.697. The quantitative estimate of drug-likeness (QED) is 0.302. The summed E-state index contributed by atoms with van der Waals surface area (Å²) in [5.41, 5.74) is 1.15. The van der Waals surface area contributed by atoms with Crippen LogP contribution in [0, 0.1) is 10.8 Å². The zero-order chi connectivity index (χ0) is 28.7. The summed E-state index contributed by atoms with van der Waals surface area (Å²) < 4.78 is 18.4. The molecule has 216 valence electrons. The summed E-state index contributed by atoms with van der Waals surface area (Å²) in [5, 5.41) is 12.8. The van der Waals surface area contributed by atoms with Crippen molar-refractivity contribution in [3.63, 3.8) is 0 Å². The summed E-state index contributed by atoms with van der Waals surface area (Å²) in [6.07, 6.45) is 5.34. The highest BCUT2D eigenvalue weighted by molar-refractivity contribution is 7.40. The number of phenolic OH excluding ortho intramolecular Hbond substituents is 1. The minimum atomic E-state index is -0.565. The van der Waals surface area contributed by atoms with E-state index in [1.54, 1.807) is 13.2 Å². The molecule has 1 fully saturated rings. The summed E-state index contributed by atoms with van der Waals surface area (Å²) in [6.45, 7) is 22.8. The van der Waals surface area contributed by atoms with Crippen molar-refractivity contribution < 1.29 is 19.3 Å². The maximum absolute atomic E-state index is 10.8. The van der Waals surface area contributed by atoms with Gasteiger partial charge in [0.25, 0.3) is 0 Å². The molecule has 38 heavy (non-hydrogen) atoms. The van der Waals surface area contributed by atoms with Crippen LogP contribution >= 0.6 is 8.58 Å². The molecule has 2 aromatic rings. The third kappa shape index (κ3) is 8.40. The molecular weight excluding hydrogens is 491 g/mol. The van der Waals surface area contributed by atoms with Crippen molar-refractivity contribution in [1.29, 1.82) is 0 Å². The van der Waals surface area contributed by atoms with Gasteiger partial charge in [0, 0.05) is 18.7 Å². The Labute approximate surface area is 235 Å². The fourth-order valence-electron chi connectivity index (χ4n) is 5.17. The van der Waals surface area contributed by atoms with Crippen molar-refractivity contribution in [3.8, 4) is 5.75 Å². The van der Waals surface area contributed by atoms with Gasteiger partial charge in [-0.25, -0.2) is 0 Å². The van der Waals surface area contributed by atoms with Crippen LogP contribution in [0.1, 0.15) is 107 Å². The van der Waals surface area contributed by atoms with E-state index in [4.69, 9.17) is 14.2 Å². The first kappa shape index (κ1) is 33.0. The summed E-state index contributed by atoms with van der Waals surface area (Å²) in [5.74, 6) is 0.232. The van der Waals surface area contributed by atoms with Crippen LogP contribution in [0.25, 0.3) is 10.8 Å². The number of hydrogen-bond acceptors (Lipinski definition) is 4. The lowest BCUT2D eigenvalue weighted by Crippen LogP contribution is -2.43. The third-order valence-corrected chi connectivity index (χ3v) is 10.3. The average Bonchev–Trinajstić information content (AvgIpc) is 2.83. The van der Waals surface area contributed by atoms with Crippen LogP contribution in [0.2, 0.25) is 0 Å². The molecule has 0 bridgehead atoms. The predicted octanol–water partition coefficient (Wildman–Crippen LogP) is 9.48. The van der Waals surface area contributed by atoms with Crippen LogP contribution in [0.3, 0.4) is 0 Å². The van der Waals surface area contributed by atoms with Crippen LogP contribution in [0.4, 0.5) is 0 Å². The Kier molecular flexibility index (Phi) is 12.1. The molecule has 1 aliphatic rings. The van der Waals surface area contributed by atoms with E-state index >= 15 is 0 Å². The molecule has 1 saturated heterocycles. The van der Waals surface area contributed by atoms with Crippen molar-refractivity contribution in [2.24, 2.45) is 10.8 Å². The van der Waals surface area contributed by atoms with Crippen LogP contribution in [-0.2, 0) is 14.2 Å². The average molecular weight is 547 g/mol. The Hall–Kier alpha value is -1.19. The maximum atomic E-state index is 10.8. The van der Waals surface area contributed by atoms with Crippen LogP contribution < -0.4 is 0 Å². The molecule has 0 amide bonds. The number of fused-ring (bicyclic) bond motifs is 1. The van der Waals surface area contributed by atoms with E-state index in [0.717, 1.165) is 37.8 Å². The van der Waals surface area contributed by atoms with Crippen LogP contribution in [-0.4, -0.2) is 41.8 Å². The zero-order valence-electron chi connectivity index (χ0n) is 26.0. The van der Waals surface area contributed by atoms with E-state index in [2.05, 4.69) is 75.3 Å². The molecular formula is C33H55O4P. The van der Waals surface area contributed by atoms with E-state index in [9.17, 15) is 5.11 Å². The Balaban J connectivity index is 0.00000161. The molecule has 1 heterocycles. The van der Waals surface area contributed by atoms with Gasteiger partial charge in [0.05, 0.1) is 23.9 Å². The van der Waals surface area contributed by atoms with Crippen molar-refractivity contribution in [2.45, 2.75) is 125 Å². The van der Waals surface area contributed by atoms with Gasteiger partial charge in [-0.15, -0.1) is 8.58 Å². The first-order chi connectivity index (χ1) is 17.7. The second-order valence-corrected chi connectivity index (χ2v) is 15.1. The molecule has 5 heteroatoms. The molecule has 1 aliphatic heterocycles. The first-order valence-electron chi connectivity index (χ1n) is 14.5. The lowest BCUT2D eigenvalue weighted by Gasteiger charge is -2.45. The molecule has 0 radical (unpaired) electrons. The molecule has 0 aliphatic carbocycles. The largest absolute Gasteiger partial charge is 0.507 e. The monoisotopic (exact) mass is 546 g/mol. The smallest absolute Gasteiger partial charge is 0.188 e. The molecule has 0 aromatic heterocycles. The van der Waals surface area contributed by atoms with E-state index in [1.165, 1.54) is 19.0 Å². The van der Waals surface area contributed by atoms with Gasteiger partial charge in [-0.3, -0.25) is 0 Å². The van der Waals surface area contributed by atoms with Gasteiger partial charge in [0.1, 0.15) is 5.75 Å². The summed E-state index contributed by atoms with van der Waals surface area (Å²) in [4.78, 5) is 0. The Morgan fingerprint density at radius 3 is 2.26 bits per heavy atom. The molecule has 1 N–H and O–H groups in total. The van der Waals surface area contributed by atoms with E-state index in [0.29, 0.717) is 0 Å². The lowest BCUT2D eigenvalue weighted by molar-refractivity contribution is -0.248. The minimum Gasteiger partial charge on any atom is -0.507 e. The highest BCUT2D eigenvalue weighted by atomic mass is 31.1. The van der Waals surface area contributed by atoms with E-state index in [-0.39, 0.29) is 40.0 Å². The number of hydrogen-bond donors (Lipinski definition) is 1. The van der Waals surface area contributed by atoms with Gasteiger partial charge >= 0.3 is 0 Å². The first-order valence-corrected chi connectivity index (χ1v) is 15.7. The molecule has 2 aromatic carbocycles. The second kappa shape index (κ2) is 13.9. The van der Waals surface area contributed by atoms with Gasteiger partial charge < -0.3 is 19.3 Å². The summed E-state index contributed by atoms with van der Waals surface area (Å²) >= 11 is 0. The number of phenols is 1. The second-order valence-electron chi connectivity index (χ2n) is 13.0. The maximum Gasteiger partial charge on any atom is 0.188 e. The third-order valence-electron chi connectivity index (χ3n) is 8.54. The molecule has 0 spiro atoms. The van der Waals surface area contributed by atoms with Gasteiger partial charge in [0.2, 0.25) is 0 Å². The molecule has 0 saturated carbocycles. The Morgan fingerprint density at radius 1 is 1.00 bits per heavy atom. The molecule has 3 rings (SSSR count). The number of ether oxygens (including phenoxy) is 3. The number of rotatable bonds is 10. The van der Waals surface area contributed by atoms with E-state index < -0.39 is 6.29 Å². The SMILES string of the molecule is CCC.COC(C)CC(C)(C)C(C)(C)CCPC(C)(C)C1CC(C)OC(c2c(O)ccc3ccccc23)O1. The van der Waals surface area contributed by atoms with Gasteiger partial charge in [-0.05, 0) is 60.5 Å². The fourth-order valence-corrected chi connectivity index (χ4v) is 6.97. The molecule has 4 nitrogen and oxygen atoms in total. The minimum absolute atomic E-state index is 0.0243. The van der Waals surface area contributed by atoms with Gasteiger partial charge in [0.15, 0.2) is 6.29 Å². The lowest BCUT2D eigenvalue weighted by atomic mass is 9.64. The van der Waals surface area contributed by atoms with Crippen molar-refractivity contribution in [3.05, 3.63) is 42.0 Å². The normalized spacial score (nSPS) is 21.9. The predicted molar refractivity (Wildman–Crippen MR) is 165 cm³/mol.